The summed E-state index contributed by atoms with van der Waals surface area (Å²) in [6, 6.07) is 5.43. The summed E-state index contributed by atoms with van der Waals surface area (Å²) in [5, 5.41) is 1.29. The average molecular weight is 248 g/mol. The van der Waals surface area contributed by atoms with Gasteiger partial charge in [0.05, 0.1) is 5.60 Å². The van der Waals surface area contributed by atoms with Gasteiger partial charge in [0.2, 0.25) is 0 Å². The molecule has 0 aliphatic carbocycles. The van der Waals surface area contributed by atoms with Crippen molar-refractivity contribution in [2.24, 2.45) is 0 Å². The van der Waals surface area contributed by atoms with Crippen LogP contribution in [0.2, 0.25) is 10.0 Å². The highest BCUT2D eigenvalue weighted by atomic mass is 35.5. The van der Waals surface area contributed by atoms with E-state index >= 15 is 0 Å². The number of halogens is 2. The summed E-state index contributed by atoms with van der Waals surface area (Å²) in [5.74, 6) is 0. The average Bonchev–Trinajstić information content (AvgIpc) is 2.08. The third-order valence-corrected chi connectivity index (χ3v) is 2.40. The Hall–Kier alpha value is -0.280. The SMILES string of the molecule is CC(C)(C)ONCc1c(Cl)cccc1Cl. The molecule has 1 aromatic rings. The Morgan fingerprint density at radius 2 is 1.73 bits per heavy atom. The largest absolute Gasteiger partial charge is 0.296 e. The van der Waals surface area contributed by atoms with Crippen LogP contribution in [0.15, 0.2) is 18.2 Å². The summed E-state index contributed by atoms with van der Waals surface area (Å²) in [5.41, 5.74) is 3.48. The first-order valence-electron chi connectivity index (χ1n) is 4.74. The van der Waals surface area contributed by atoms with Crippen LogP contribution in [0.3, 0.4) is 0 Å². The van der Waals surface area contributed by atoms with Crippen LogP contribution < -0.4 is 5.48 Å². The minimum Gasteiger partial charge on any atom is -0.296 e. The first-order valence-corrected chi connectivity index (χ1v) is 5.49. The van der Waals surface area contributed by atoms with Crippen LogP contribution in [0.5, 0.6) is 0 Å². The quantitative estimate of drug-likeness (QED) is 0.821. The summed E-state index contributed by atoms with van der Waals surface area (Å²) in [6.07, 6.45) is 0. The number of hydrogen-bond acceptors (Lipinski definition) is 2. The monoisotopic (exact) mass is 247 g/mol. The maximum atomic E-state index is 6.00. The van der Waals surface area contributed by atoms with E-state index in [0.717, 1.165) is 5.56 Å². The van der Waals surface area contributed by atoms with Gasteiger partial charge in [0.25, 0.3) is 0 Å². The molecule has 0 saturated carbocycles. The van der Waals surface area contributed by atoms with Crippen molar-refractivity contribution in [3.05, 3.63) is 33.8 Å². The summed E-state index contributed by atoms with van der Waals surface area (Å²) in [4.78, 5) is 5.38. The summed E-state index contributed by atoms with van der Waals surface area (Å²) in [7, 11) is 0. The first kappa shape index (κ1) is 12.8. The van der Waals surface area contributed by atoms with E-state index < -0.39 is 0 Å². The molecule has 0 aromatic heterocycles. The number of hydrogen-bond donors (Lipinski definition) is 1. The van der Waals surface area contributed by atoms with Crippen LogP contribution in [0, 0.1) is 0 Å². The zero-order chi connectivity index (χ0) is 11.5. The summed E-state index contributed by atoms with van der Waals surface area (Å²) < 4.78 is 0. The smallest absolute Gasteiger partial charge is 0.0813 e. The van der Waals surface area contributed by atoms with Gasteiger partial charge in [0.1, 0.15) is 0 Å². The number of nitrogens with one attached hydrogen (secondary N) is 1. The summed E-state index contributed by atoms with van der Waals surface area (Å²) >= 11 is 12.0. The van der Waals surface area contributed by atoms with Crippen LogP contribution in [0.25, 0.3) is 0 Å². The third kappa shape index (κ3) is 4.39. The van der Waals surface area contributed by atoms with Crippen molar-refractivity contribution in [2.75, 3.05) is 0 Å². The molecule has 0 atom stereocenters. The van der Waals surface area contributed by atoms with E-state index in [1.54, 1.807) is 0 Å². The first-order chi connectivity index (χ1) is 6.90. The predicted molar refractivity (Wildman–Crippen MR) is 64.1 cm³/mol. The normalized spacial score (nSPS) is 11.8. The fraction of sp³-hybridized carbons (Fsp3) is 0.455. The number of hydroxylamine groups is 1. The topological polar surface area (TPSA) is 21.3 Å². The molecule has 15 heavy (non-hydrogen) atoms. The molecule has 0 spiro atoms. The Labute approximate surface area is 100 Å². The molecule has 4 heteroatoms. The Morgan fingerprint density at radius 1 is 1.20 bits per heavy atom. The van der Waals surface area contributed by atoms with Gasteiger partial charge in [-0.1, -0.05) is 29.3 Å². The van der Waals surface area contributed by atoms with Crippen LogP contribution >= 0.6 is 23.2 Å². The second-order valence-corrected chi connectivity index (χ2v) is 5.05. The molecule has 0 heterocycles. The minimum atomic E-state index is -0.228. The Bertz CT molecular complexity index is 314. The van der Waals surface area contributed by atoms with E-state index in [4.69, 9.17) is 28.0 Å². The third-order valence-electron chi connectivity index (χ3n) is 1.69. The highest BCUT2D eigenvalue weighted by Gasteiger charge is 2.11. The van der Waals surface area contributed by atoms with E-state index in [2.05, 4.69) is 5.48 Å². The Balaban J connectivity index is 2.58. The number of rotatable bonds is 3. The Kier molecular flexibility index (Phi) is 4.41. The van der Waals surface area contributed by atoms with E-state index in [9.17, 15) is 0 Å². The fourth-order valence-electron chi connectivity index (χ4n) is 1.03. The van der Waals surface area contributed by atoms with Gasteiger partial charge in [-0.15, -0.1) is 0 Å². The van der Waals surface area contributed by atoms with E-state index in [0.29, 0.717) is 16.6 Å². The summed E-state index contributed by atoms with van der Waals surface area (Å²) in [6.45, 7) is 6.40. The van der Waals surface area contributed by atoms with Gasteiger partial charge in [-0.25, -0.2) is 0 Å². The van der Waals surface area contributed by atoms with Gasteiger partial charge in [0, 0.05) is 22.2 Å². The molecular weight excluding hydrogens is 233 g/mol. The standard InChI is InChI=1S/C11H15Cl2NO/c1-11(2,3)15-14-7-8-9(12)5-4-6-10(8)13/h4-6,14H,7H2,1-3H3. The van der Waals surface area contributed by atoms with Crippen LogP contribution in [0.1, 0.15) is 26.3 Å². The molecule has 0 aliphatic heterocycles. The van der Waals surface area contributed by atoms with Crippen molar-refractivity contribution in [1.82, 2.24) is 5.48 Å². The molecule has 0 aliphatic rings. The zero-order valence-electron chi connectivity index (χ0n) is 9.10. The molecule has 1 aromatic carbocycles. The molecule has 2 nitrogen and oxygen atoms in total. The van der Waals surface area contributed by atoms with Crippen molar-refractivity contribution in [3.63, 3.8) is 0 Å². The molecule has 0 fully saturated rings. The highest BCUT2D eigenvalue weighted by Crippen LogP contribution is 2.24. The van der Waals surface area contributed by atoms with Gasteiger partial charge in [-0.2, -0.15) is 5.48 Å². The lowest BCUT2D eigenvalue weighted by atomic mass is 10.2. The second-order valence-electron chi connectivity index (χ2n) is 4.24. The molecule has 1 N–H and O–H groups in total. The van der Waals surface area contributed by atoms with E-state index in [1.165, 1.54) is 0 Å². The molecule has 0 unspecified atom stereocenters. The lowest BCUT2D eigenvalue weighted by Crippen LogP contribution is -2.28. The number of benzene rings is 1. The Morgan fingerprint density at radius 3 is 2.20 bits per heavy atom. The maximum Gasteiger partial charge on any atom is 0.0813 e. The molecule has 0 bridgehead atoms. The van der Waals surface area contributed by atoms with Crippen LogP contribution in [-0.2, 0) is 11.4 Å². The molecule has 1 rings (SSSR count). The fourth-order valence-corrected chi connectivity index (χ4v) is 1.56. The van der Waals surface area contributed by atoms with Crippen LogP contribution in [-0.4, -0.2) is 5.60 Å². The van der Waals surface area contributed by atoms with Gasteiger partial charge in [-0.05, 0) is 32.9 Å². The van der Waals surface area contributed by atoms with Crippen molar-refractivity contribution < 1.29 is 4.84 Å². The zero-order valence-corrected chi connectivity index (χ0v) is 10.6. The second kappa shape index (κ2) is 5.17. The molecule has 0 saturated heterocycles. The highest BCUT2D eigenvalue weighted by molar-refractivity contribution is 6.35. The molecule has 84 valence electrons. The molecule has 0 amide bonds. The minimum absolute atomic E-state index is 0.228. The van der Waals surface area contributed by atoms with Crippen molar-refractivity contribution >= 4 is 23.2 Å². The van der Waals surface area contributed by atoms with Gasteiger partial charge in [-0.3, -0.25) is 4.84 Å². The maximum absolute atomic E-state index is 6.00. The van der Waals surface area contributed by atoms with Crippen LogP contribution in [0.4, 0.5) is 0 Å². The van der Waals surface area contributed by atoms with Crippen molar-refractivity contribution in [1.29, 1.82) is 0 Å². The van der Waals surface area contributed by atoms with Gasteiger partial charge >= 0.3 is 0 Å². The van der Waals surface area contributed by atoms with E-state index in [1.807, 2.05) is 39.0 Å². The van der Waals surface area contributed by atoms with Crippen molar-refractivity contribution in [2.45, 2.75) is 32.9 Å². The molecular formula is C11H15Cl2NO. The lowest BCUT2D eigenvalue weighted by Gasteiger charge is -2.19. The van der Waals surface area contributed by atoms with Gasteiger partial charge < -0.3 is 0 Å². The van der Waals surface area contributed by atoms with Crippen molar-refractivity contribution in [3.8, 4) is 0 Å². The predicted octanol–water partition coefficient (Wildman–Crippen LogP) is 3.81. The molecule has 0 radical (unpaired) electrons. The lowest BCUT2D eigenvalue weighted by molar-refractivity contribution is -0.0757. The van der Waals surface area contributed by atoms with Gasteiger partial charge in [0.15, 0.2) is 0 Å². The van der Waals surface area contributed by atoms with E-state index in [-0.39, 0.29) is 5.60 Å².